The molecule has 1 aromatic carbocycles. The van der Waals surface area contributed by atoms with Crippen molar-refractivity contribution in [1.29, 1.82) is 0 Å². The van der Waals surface area contributed by atoms with Gasteiger partial charge in [-0.05, 0) is 37.1 Å². The fourth-order valence-electron chi connectivity index (χ4n) is 2.59. The Balaban J connectivity index is 1.96. The monoisotopic (exact) mass is 349 g/mol. The van der Waals surface area contributed by atoms with Gasteiger partial charge in [-0.25, -0.2) is 9.97 Å². The van der Waals surface area contributed by atoms with Crippen LogP contribution in [0, 0.1) is 6.92 Å². The van der Waals surface area contributed by atoms with Gasteiger partial charge >= 0.3 is 0 Å². The van der Waals surface area contributed by atoms with Gasteiger partial charge in [0.15, 0.2) is 5.82 Å². The summed E-state index contributed by atoms with van der Waals surface area (Å²) in [5.74, 6) is 1.31. The number of nitrogens with two attached hydrogens (primary N) is 1. The third-order valence-corrected chi connectivity index (χ3v) is 4.16. The van der Waals surface area contributed by atoms with Crippen LogP contribution in [0.15, 0.2) is 48.8 Å². The topological polar surface area (TPSA) is 97.0 Å². The molecular weight excluding hydrogens is 326 g/mol. The maximum Gasteiger partial charge on any atom is 0.165 e. The number of hydrogen-bond donors (Lipinski definition) is 3. The average molecular weight is 349 g/mol. The summed E-state index contributed by atoms with van der Waals surface area (Å²) < 4.78 is 0. The van der Waals surface area contributed by atoms with Crippen LogP contribution in [0.1, 0.15) is 19.0 Å². The molecule has 26 heavy (non-hydrogen) atoms. The Hall–Kier alpha value is -2.99. The van der Waals surface area contributed by atoms with Crippen LogP contribution in [-0.4, -0.2) is 32.6 Å². The number of rotatable bonds is 6. The van der Waals surface area contributed by atoms with E-state index in [1.165, 1.54) is 0 Å². The first-order chi connectivity index (χ1) is 12.6. The lowest BCUT2D eigenvalue weighted by atomic mass is 10.0. The van der Waals surface area contributed by atoms with Crippen LogP contribution in [0.3, 0.4) is 0 Å². The molecule has 6 nitrogen and oxygen atoms in total. The quantitative estimate of drug-likeness (QED) is 0.631. The van der Waals surface area contributed by atoms with Gasteiger partial charge in [-0.3, -0.25) is 4.98 Å². The molecule has 3 aromatic rings. The van der Waals surface area contributed by atoms with Crippen molar-refractivity contribution in [3.8, 4) is 28.3 Å². The van der Waals surface area contributed by atoms with Gasteiger partial charge in [-0.2, -0.15) is 0 Å². The lowest BCUT2D eigenvalue weighted by molar-refractivity contribution is 0.477. The number of benzene rings is 1. The molecule has 0 unspecified atom stereocenters. The highest BCUT2D eigenvalue weighted by Crippen LogP contribution is 2.32. The van der Waals surface area contributed by atoms with E-state index in [-0.39, 0.29) is 11.8 Å². The van der Waals surface area contributed by atoms with Crippen molar-refractivity contribution in [2.75, 3.05) is 11.9 Å². The van der Waals surface area contributed by atoms with Crippen molar-refractivity contribution in [3.63, 3.8) is 0 Å². The fourth-order valence-corrected chi connectivity index (χ4v) is 2.59. The van der Waals surface area contributed by atoms with Gasteiger partial charge in [0.2, 0.25) is 0 Å². The number of aromatic nitrogens is 3. The fraction of sp³-hybridized carbons (Fsp3) is 0.250. The molecule has 134 valence electrons. The Morgan fingerprint density at radius 3 is 2.73 bits per heavy atom. The molecule has 0 amide bonds. The van der Waals surface area contributed by atoms with Crippen molar-refractivity contribution in [1.82, 2.24) is 15.0 Å². The summed E-state index contributed by atoms with van der Waals surface area (Å²) >= 11 is 0. The molecule has 2 heterocycles. The molecule has 6 heteroatoms. The second-order valence-electron chi connectivity index (χ2n) is 6.24. The van der Waals surface area contributed by atoms with Crippen LogP contribution in [0.25, 0.3) is 22.5 Å². The van der Waals surface area contributed by atoms with E-state index in [4.69, 9.17) is 5.73 Å². The Labute approximate surface area is 153 Å². The van der Waals surface area contributed by atoms with Gasteiger partial charge in [-0.1, -0.05) is 19.1 Å². The third kappa shape index (κ3) is 4.15. The minimum Gasteiger partial charge on any atom is -0.507 e. The molecule has 0 saturated carbocycles. The van der Waals surface area contributed by atoms with E-state index in [0.29, 0.717) is 23.8 Å². The van der Waals surface area contributed by atoms with Gasteiger partial charge in [0.25, 0.3) is 0 Å². The zero-order chi connectivity index (χ0) is 18.5. The molecule has 0 aliphatic heterocycles. The molecule has 0 aliphatic carbocycles. The molecule has 0 bridgehead atoms. The first kappa shape index (κ1) is 17.8. The molecule has 3 rings (SSSR count). The van der Waals surface area contributed by atoms with Gasteiger partial charge in [0.05, 0.1) is 5.56 Å². The van der Waals surface area contributed by atoms with Crippen LogP contribution < -0.4 is 11.1 Å². The molecule has 1 atom stereocenters. The lowest BCUT2D eigenvalue weighted by Crippen LogP contribution is -2.28. The molecule has 0 saturated heterocycles. The number of nitrogens with one attached hydrogen (secondary N) is 1. The standard InChI is InChI=1S/C20H23N5O/c1-3-16(21)12-23-19-9-13(2)24-20(25-19)17-10-14(6-7-18(17)26)15-5-4-8-22-11-15/h4-11,16,26H,3,12,21H2,1-2H3,(H,23,24,25)/t16-/m1/s1. The molecule has 4 N–H and O–H groups in total. The van der Waals surface area contributed by atoms with E-state index < -0.39 is 0 Å². The molecule has 2 aromatic heterocycles. The molecule has 0 spiro atoms. The second kappa shape index (κ2) is 7.93. The molecule has 0 aliphatic rings. The SMILES string of the molecule is CC[C@@H](N)CNc1cc(C)nc(-c2cc(-c3cccnc3)ccc2O)n1. The van der Waals surface area contributed by atoms with E-state index in [1.807, 2.05) is 44.2 Å². The first-order valence-electron chi connectivity index (χ1n) is 8.65. The van der Waals surface area contributed by atoms with Gasteiger partial charge < -0.3 is 16.2 Å². The van der Waals surface area contributed by atoms with E-state index >= 15 is 0 Å². The summed E-state index contributed by atoms with van der Waals surface area (Å²) in [6, 6.07) is 11.2. The maximum absolute atomic E-state index is 10.3. The summed E-state index contributed by atoms with van der Waals surface area (Å²) in [5.41, 5.74) is 9.27. The Bertz CT molecular complexity index is 883. The third-order valence-electron chi connectivity index (χ3n) is 4.16. The number of phenolic OH excluding ortho intramolecular Hbond substituents is 1. The van der Waals surface area contributed by atoms with Gasteiger partial charge in [0, 0.05) is 42.3 Å². The molecule has 0 radical (unpaired) electrons. The number of aromatic hydroxyl groups is 1. The van der Waals surface area contributed by atoms with E-state index in [9.17, 15) is 5.11 Å². The van der Waals surface area contributed by atoms with E-state index in [0.717, 1.165) is 23.2 Å². The van der Waals surface area contributed by atoms with Crippen LogP contribution in [0.5, 0.6) is 5.75 Å². The van der Waals surface area contributed by atoms with Gasteiger partial charge in [0.1, 0.15) is 11.6 Å². The number of anilines is 1. The van der Waals surface area contributed by atoms with Crippen LogP contribution in [0.2, 0.25) is 0 Å². The first-order valence-corrected chi connectivity index (χ1v) is 8.65. The minimum atomic E-state index is 0.0658. The highest BCUT2D eigenvalue weighted by Gasteiger charge is 2.12. The highest BCUT2D eigenvalue weighted by atomic mass is 16.3. The summed E-state index contributed by atoms with van der Waals surface area (Å²) in [6.07, 6.45) is 4.40. The van der Waals surface area contributed by atoms with Crippen molar-refractivity contribution in [2.24, 2.45) is 5.73 Å². The van der Waals surface area contributed by atoms with Crippen LogP contribution >= 0.6 is 0 Å². The number of pyridine rings is 1. The van der Waals surface area contributed by atoms with Crippen molar-refractivity contribution < 1.29 is 5.11 Å². The largest absolute Gasteiger partial charge is 0.507 e. The number of phenols is 1. The maximum atomic E-state index is 10.3. The average Bonchev–Trinajstić information content (AvgIpc) is 2.66. The highest BCUT2D eigenvalue weighted by molar-refractivity contribution is 5.74. The number of aryl methyl sites for hydroxylation is 1. The minimum absolute atomic E-state index is 0.0658. The summed E-state index contributed by atoms with van der Waals surface area (Å²) in [5, 5.41) is 13.6. The lowest BCUT2D eigenvalue weighted by Gasteiger charge is -2.13. The Morgan fingerprint density at radius 2 is 2.00 bits per heavy atom. The molecular formula is C20H23N5O. The van der Waals surface area contributed by atoms with Crippen molar-refractivity contribution in [3.05, 3.63) is 54.5 Å². The predicted molar refractivity (Wildman–Crippen MR) is 104 cm³/mol. The smallest absolute Gasteiger partial charge is 0.165 e. The van der Waals surface area contributed by atoms with E-state index in [1.54, 1.807) is 18.5 Å². The Kier molecular flexibility index (Phi) is 5.43. The summed E-state index contributed by atoms with van der Waals surface area (Å²) in [4.78, 5) is 13.2. The van der Waals surface area contributed by atoms with Gasteiger partial charge in [-0.15, -0.1) is 0 Å². The van der Waals surface area contributed by atoms with Crippen LogP contribution in [0.4, 0.5) is 5.82 Å². The summed E-state index contributed by atoms with van der Waals surface area (Å²) in [6.45, 7) is 4.58. The van der Waals surface area contributed by atoms with Crippen molar-refractivity contribution in [2.45, 2.75) is 26.3 Å². The normalized spacial score (nSPS) is 12.0. The number of hydrogen-bond acceptors (Lipinski definition) is 6. The summed E-state index contributed by atoms with van der Waals surface area (Å²) in [7, 11) is 0. The zero-order valence-electron chi connectivity index (χ0n) is 15.0. The molecule has 0 fully saturated rings. The number of nitrogens with zero attached hydrogens (tertiary/aromatic N) is 3. The second-order valence-corrected chi connectivity index (χ2v) is 6.24. The predicted octanol–water partition coefficient (Wildman–Crippen LogP) is 3.37. The van der Waals surface area contributed by atoms with E-state index in [2.05, 4.69) is 20.3 Å². The van der Waals surface area contributed by atoms with Crippen molar-refractivity contribution >= 4 is 5.82 Å². The Morgan fingerprint density at radius 1 is 1.15 bits per heavy atom. The van der Waals surface area contributed by atoms with Crippen LogP contribution in [-0.2, 0) is 0 Å². The zero-order valence-corrected chi connectivity index (χ0v) is 15.0.